The van der Waals surface area contributed by atoms with Crippen molar-refractivity contribution < 1.29 is 9.18 Å². The summed E-state index contributed by atoms with van der Waals surface area (Å²) in [6.07, 6.45) is 0. The number of nitrogens with zero attached hydrogens (tertiary/aromatic N) is 2. The van der Waals surface area contributed by atoms with Crippen LogP contribution in [0.2, 0.25) is 0 Å². The van der Waals surface area contributed by atoms with Gasteiger partial charge in [-0.05, 0) is 35.7 Å². The van der Waals surface area contributed by atoms with Crippen LogP contribution in [0.5, 0.6) is 0 Å². The fourth-order valence-corrected chi connectivity index (χ4v) is 3.42. The van der Waals surface area contributed by atoms with Crippen molar-refractivity contribution in [3.05, 3.63) is 82.9 Å². The van der Waals surface area contributed by atoms with Crippen molar-refractivity contribution in [2.45, 2.75) is 25.8 Å². The molecule has 1 N–H and O–H groups in total. The maximum Gasteiger partial charge on any atom is 0.280 e. The van der Waals surface area contributed by atoms with E-state index in [0.717, 1.165) is 22.5 Å². The summed E-state index contributed by atoms with van der Waals surface area (Å²) in [7, 11) is 0. The lowest BCUT2D eigenvalue weighted by Crippen LogP contribution is -2.29. The standard InChI is InChI=1S/C20H18FN3O/c1-12(2)17-16-18(23-22-17)20(25)24(15-6-4-3-5-7-15)19(16)13-8-10-14(21)11-9-13/h3-12,19H,1-2H3,(H,22,23). The highest BCUT2D eigenvalue weighted by atomic mass is 19.1. The Morgan fingerprint density at radius 1 is 1.08 bits per heavy atom. The van der Waals surface area contributed by atoms with Gasteiger partial charge in [-0.15, -0.1) is 0 Å². The summed E-state index contributed by atoms with van der Waals surface area (Å²) in [5.74, 6) is -0.239. The third-order valence-electron chi connectivity index (χ3n) is 4.58. The second-order valence-electron chi connectivity index (χ2n) is 6.52. The van der Waals surface area contributed by atoms with Crippen molar-refractivity contribution in [3.8, 4) is 0 Å². The maximum atomic E-state index is 13.4. The zero-order valence-corrected chi connectivity index (χ0v) is 14.0. The lowest BCUT2D eigenvalue weighted by atomic mass is 9.94. The summed E-state index contributed by atoms with van der Waals surface area (Å²) in [6, 6.07) is 15.5. The number of halogens is 1. The fraction of sp³-hybridized carbons (Fsp3) is 0.200. The molecular formula is C20H18FN3O. The quantitative estimate of drug-likeness (QED) is 0.770. The Morgan fingerprint density at radius 3 is 2.40 bits per heavy atom. The number of rotatable bonds is 3. The first-order valence-electron chi connectivity index (χ1n) is 8.30. The number of amides is 1. The third kappa shape index (κ3) is 2.43. The Labute approximate surface area is 145 Å². The molecule has 5 heteroatoms. The second-order valence-corrected chi connectivity index (χ2v) is 6.52. The van der Waals surface area contributed by atoms with Crippen LogP contribution in [-0.4, -0.2) is 16.1 Å². The number of aromatic amines is 1. The molecule has 0 saturated heterocycles. The summed E-state index contributed by atoms with van der Waals surface area (Å²) in [4.78, 5) is 14.8. The largest absolute Gasteiger partial charge is 0.295 e. The van der Waals surface area contributed by atoms with Gasteiger partial charge in [0.05, 0.1) is 6.04 Å². The SMILES string of the molecule is CC(C)c1[nH]nc2c1C(c1ccc(F)cc1)N(c1ccccc1)C2=O. The topological polar surface area (TPSA) is 49.0 Å². The zero-order valence-electron chi connectivity index (χ0n) is 14.0. The Hall–Kier alpha value is -2.95. The maximum absolute atomic E-state index is 13.4. The predicted octanol–water partition coefficient (Wildman–Crippen LogP) is 4.42. The van der Waals surface area contributed by atoms with E-state index in [-0.39, 0.29) is 23.7 Å². The molecule has 1 amide bonds. The van der Waals surface area contributed by atoms with E-state index in [1.54, 1.807) is 17.0 Å². The molecule has 1 atom stereocenters. The van der Waals surface area contributed by atoms with E-state index in [1.165, 1.54) is 12.1 Å². The number of nitrogens with one attached hydrogen (secondary N) is 1. The molecule has 0 radical (unpaired) electrons. The molecule has 0 aliphatic carbocycles. The van der Waals surface area contributed by atoms with Gasteiger partial charge in [0.2, 0.25) is 0 Å². The van der Waals surface area contributed by atoms with Crippen LogP contribution < -0.4 is 4.90 Å². The summed E-state index contributed by atoms with van der Waals surface area (Å²) in [6.45, 7) is 4.12. The van der Waals surface area contributed by atoms with E-state index in [0.29, 0.717) is 5.69 Å². The van der Waals surface area contributed by atoms with Crippen molar-refractivity contribution in [2.75, 3.05) is 4.90 Å². The van der Waals surface area contributed by atoms with Gasteiger partial charge in [-0.2, -0.15) is 5.10 Å². The molecule has 1 aliphatic heterocycles. The minimum Gasteiger partial charge on any atom is -0.295 e. The minimum atomic E-state index is -0.318. The molecule has 1 unspecified atom stereocenters. The van der Waals surface area contributed by atoms with Crippen molar-refractivity contribution in [3.63, 3.8) is 0 Å². The van der Waals surface area contributed by atoms with Crippen LogP contribution in [0.4, 0.5) is 10.1 Å². The Kier molecular flexibility index (Phi) is 3.64. The van der Waals surface area contributed by atoms with Gasteiger partial charge >= 0.3 is 0 Å². The van der Waals surface area contributed by atoms with Crippen LogP contribution in [0, 0.1) is 5.82 Å². The van der Waals surface area contributed by atoms with Crippen molar-refractivity contribution in [1.29, 1.82) is 0 Å². The Bertz CT molecular complexity index is 916. The van der Waals surface area contributed by atoms with Gasteiger partial charge < -0.3 is 0 Å². The number of fused-ring (bicyclic) bond motifs is 1. The Balaban J connectivity index is 1.93. The van der Waals surface area contributed by atoms with E-state index in [9.17, 15) is 9.18 Å². The van der Waals surface area contributed by atoms with Crippen LogP contribution in [0.25, 0.3) is 0 Å². The van der Waals surface area contributed by atoms with Gasteiger partial charge in [0.1, 0.15) is 5.82 Å². The third-order valence-corrected chi connectivity index (χ3v) is 4.58. The smallest absolute Gasteiger partial charge is 0.280 e. The van der Waals surface area contributed by atoms with E-state index in [4.69, 9.17) is 0 Å². The van der Waals surface area contributed by atoms with Crippen LogP contribution in [0.15, 0.2) is 54.6 Å². The lowest BCUT2D eigenvalue weighted by molar-refractivity contribution is 0.0988. The zero-order chi connectivity index (χ0) is 17.6. The van der Waals surface area contributed by atoms with Gasteiger partial charge in [0.15, 0.2) is 5.69 Å². The summed E-state index contributed by atoms with van der Waals surface area (Å²) in [5, 5.41) is 7.30. The molecule has 1 aromatic heterocycles. The minimum absolute atomic E-state index is 0.140. The molecule has 0 bridgehead atoms. The highest BCUT2D eigenvalue weighted by Crippen LogP contribution is 2.43. The first-order chi connectivity index (χ1) is 12.1. The number of hydrogen-bond acceptors (Lipinski definition) is 2. The van der Waals surface area contributed by atoms with Gasteiger partial charge in [-0.3, -0.25) is 14.8 Å². The summed E-state index contributed by atoms with van der Waals surface area (Å²) >= 11 is 0. The van der Waals surface area contributed by atoms with Gasteiger partial charge in [0.25, 0.3) is 5.91 Å². The molecule has 0 fully saturated rings. The molecule has 3 aromatic rings. The number of para-hydroxylation sites is 1. The van der Waals surface area contributed by atoms with Crippen LogP contribution in [0.1, 0.15) is 53.1 Å². The molecule has 25 heavy (non-hydrogen) atoms. The normalized spacial score (nSPS) is 16.6. The number of benzene rings is 2. The van der Waals surface area contributed by atoms with Crippen LogP contribution in [0.3, 0.4) is 0 Å². The number of aromatic nitrogens is 2. The number of carbonyl (C=O) groups excluding carboxylic acids is 1. The van der Waals surface area contributed by atoms with Crippen molar-refractivity contribution >= 4 is 11.6 Å². The number of carbonyl (C=O) groups is 1. The average molecular weight is 335 g/mol. The molecular weight excluding hydrogens is 317 g/mol. The predicted molar refractivity (Wildman–Crippen MR) is 94.2 cm³/mol. The van der Waals surface area contributed by atoms with Gasteiger partial charge in [0, 0.05) is 16.9 Å². The molecule has 126 valence electrons. The Morgan fingerprint density at radius 2 is 1.76 bits per heavy atom. The van der Waals surface area contributed by atoms with Crippen molar-refractivity contribution in [1.82, 2.24) is 10.2 Å². The number of anilines is 1. The van der Waals surface area contributed by atoms with E-state index < -0.39 is 0 Å². The van der Waals surface area contributed by atoms with E-state index in [1.807, 2.05) is 30.3 Å². The number of H-pyrrole nitrogens is 1. The van der Waals surface area contributed by atoms with Gasteiger partial charge in [-0.25, -0.2) is 4.39 Å². The highest BCUT2D eigenvalue weighted by Gasteiger charge is 2.43. The molecule has 0 saturated carbocycles. The first kappa shape index (κ1) is 15.6. The lowest BCUT2D eigenvalue weighted by Gasteiger charge is -2.27. The molecule has 4 nitrogen and oxygen atoms in total. The van der Waals surface area contributed by atoms with Crippen LogP contribution in [-0.2, 0) is 0 Å². The molecule has 0 spiro atoms. The monoisotopic (exact) mass is 335 g/mol. The van der Waals surface area contributed by atoms with Crippen molar-refractivity contribution in [2.24, 2.45) is 0 Å². The highest BCUT2D eigenvalue weighted by molar-refractivity contribution is 6.10. The average Bonchev–Trinajstić information content (AvgIpc) is 3.16. The molecule has 4 rings (SSSR count). The van der Waals surface area contributed by atoms with E-state index >= 15 is 0 Å². The molecule has 2 heterocycles. The summed E-state index contributed by atoms with van der Waals surface area (Å²) in [5.41, 5.74) is 3.93. The fourth-order valence-electron chi connectivity index (χ4n) is 3.42. The molecule has 2 aromatic carbocycles. The van der Waals surface area contributed by atoms with E-state index in [2.05, 4.69) is 24.0 Å². The first-order valence-corrected chi connectivity index (χ1v) is 8.30. The van der Waals surface area contributed by atoms with Crippen LogP contribution >= 0.6 is 0 Å². The summed E-state index contributed by atoms with van der Waals surface area (Å²) < 4.78 is 13.4. The van der Waals surface area contributed by atoms with Gasteiger partial charge in [-0.1, -0.05) is 44.2 Å². The number of hydrogen-bond donors (Lipinski definition) is 1. The second kappa shape index (κ2) is 5.84. The molecule has 1 aliphatic rings.